The van der Waals surface area contributed by atoms with Crippen LogP contribution in [0.25, 0.3) is 0 Å². The molecule has 3 rings (SSSR count). The highest BCUT2D eigenvalue weighted by Gasteiger charge is 2.35. The Morgan fingerprint density at radius 1 is 1.04 bits per heavy atom. The summed E-state index contributed by atoms with van der Waals surface area (Å²) in [6, 6.07) is 12.5. The first-order chi connectivity index (χ1) is 12.5. The van der Waals surface area contributed by atoms with Gasteiger partial charge in [0.15, 0.2) is 0 Å². The van der Waals surface area contributed by atoms with Crippen LogP contribution < -0.4 is 9.47 Å². The number of methoxy groups -OCH3 is 2. The van der Waals surface area contributed by atoms with Crippen LogP contribution >= 0.6 is 0 Å². The van der Waals surface area contributed by atoms with Crippen LogP contribution in [-0.4, -0.2) is 37.4 Å². The molecule has 1 aliphatic rings. The minimum absolute atomic E-state index is 0.169. The van der Waals surface area contributed by atoms with Gasteiger partial charge in [0.05, 0.1) is 20.3 Å². The Morgan fingerprint density at radius 3 is 2.42 bits per heavy atom. The van der Waals surface area contributed by atoms with Gasteiger partial charge in [-0.15, -0.1) is 0 Å². The molecular weight excluding hydrogens is 330 g/mol. The third-order valence-corrected chi connectivity index (χ3v) is 4.82. The van der Waals surface area contributed by atoms with Crippen molar-refractivity contribution in [1.29, 1.82) is 0 Å². The van der Waals surface area contributed by atoms with E-state index in [0.717, 1.165) is 24.0 Å². The largest absolute Gasteiger partial charge is 0.497 e. The van der Waals surface area contributed by atoms with E-state index in [9.17, 15) is 9.59 Å². The van der Waals surface area contributed by atoms with Crippen molar-refractivity contribution in [2.24, 2.45) is 0 Å². The summed E-state index contributed by atoms with van der Waals surface area (Å²) in [5.74, 6) is 0.424. The fraction of sp³-hybridized carbons (Fsp3) is 0.333. The van der Waals surface area contributed by atoms with E-state index >= 15 is 0 Å². The van der Waals surface area contributed by atoms with Gasteiger partial charge in [-0.2, -0.15) is 0 Å². The maximum atomic E-state index is 12.8. The molecule has 1 atom stereocenters. The van der Waals surface area contributed by atoms with E-state index in [2.05, 4.69) is 0 Å². The summed E-state index contributed by atoms with van der Waals surface area (Å²) in [4.78, 5) is 27.1. The Kier molecular flexibility index (Phi) is 5.26. The number of ketones is 1. The number of hydrogen-bond donors (Lipinski definition) is 0. The number of benzene rings is 2. The number of ether oxygens (including phenoxy) is 2. The highest BCUT2D eigenvalue weighted by molar-refractivity contribution is 6.42. The molecule has 136 valence electrons. The molecule has 0 aromatic heterocycles. The first kappa shape index (κ1) is 18.0. The van der Waals surface area contributed by atoms with Crippen LogP contribution in [-0.2, 0) is 4.79 Å². The van der Waals surface area contributed by atoms with Crippen molar-refractivity contribution >= 4 is 11.7 Å². The van der Waals surface area contributed by atoms with Crippen molar-refractivity contribution < 1.29 is 19.1 Å². The maximum Gasteiger partial charge on any atom is 0.295 e. The molecule has 2 aromatic rings. The van der Waals surface area contributed by atoms with Gasteiger partial charge >= 0.3 is 0 Å². The Balaban J connectivity index is 1.87. The van der Waals surface area contributed by atoms with Gasteiger partial charge in [-0.05, 0) is 31.9 Å². The SMILES string of the molecule is COc1ccc(C2CCCN2C(=O)C(=O)c2ccc(C)cc2)c(OC)c1. The molecule has 0 saturated carbocycles. The van der Waals surface area contributed by atoms with Crippen LogP contribution in [0.15, 0.2) is 42.5 Å². The van der Waals surface area contributed by atoms with Crippen LogP contribution in [0, 0.1) is 6.92 Å². The van der Waals surface area contributed by atoms with E-state index in [4.69, 9.17) is 9.47 Å². The predicted octanol–water partition coefficient (Wildman–Crippen LogP) is 3.56. The molecule has 1 heterocycles. The first-order valence-corrected chi connectivity index (χ1v) is 8.69. The summed E-state index contributed by atoms with van der Waals surface area (Å²) in [7, 11) is 3.19. The van der Waals surface area contributed by atoms with Crippen molar-refractivity contribution in [2.75, 3.05) is 20.8 Å². The molecule has 0 N–H and O–H groups in total. The van der Waals surface area contributed by atoms with Gasteiger partial charge in [-0.1, -0.05) is 29.8 Å². The van der Waals surface area contributed by atoms with E-state index in [1.807, 2.05) is 31.2 Å². The van der Waals surface area contributed by atoms with Crippen molar-refractivity contribution in [2.45, 2.75) is 25.8 Å². The van der Waals surface area contributed by atoms with Gasteiger partial charge < -0.3 is 14.4 Å². The summed E-state index contributed by atoms with van der Waals surface area (Å²) in [6.07, 6.45) is 1.66. The molecule has 2 aromatic carbocycles. The Morgan fingerprint density at radius 2 is 1.77 bits per heavy atom. The number of carbonyl (C=O) groups is 2. The highest BCUT2D eigenvalue weighted by atomic mass is 16.5. The zero-order chi connectivity index (χ0) is 18.7. The number of likely N-dealkylation sites (tertiary alicyclic amines) is 1. The molecule has 0 radical (unpaired) electrons. The molecule has 26 heavy (non-hydrogen) atoms. The molecule has 1 aliphatic heterocycles. The normalized spacial score (nSPS) is 16.4. The minimum Gasteiger partial charge on any atom is -0.497 e. The van der Waals surface area contributed by atoms with E-state index in [1.54, 1.807) is 37.3 Å². The Labute approximate surface area is 153 Å². The lowest BCUT2D eigenvalue weighted by molar-refractivity contribution is -0.127. The van der Waals surface area contributed by atoms with Gasteiger partial charge in [-0.25, -0.2) is 0 Å². The lowest BCUT2D eigenvalue weighted by Gasteiger charge is -2.26. The quantitative estimate of drug-likeness (QED) is 0.609. The summed E-state index contributed by atoms with van der Waals surface area (Å²) in [5, 5.41) is 0. The van der Waals surface area contributed by atoms with E-state index in [1.165, 1.54) is 0 Å². The summed E-state index contributed by atoms with van der Waals surface area (Å²) in [5.41, 5.74) is 2.37. The molecule has 0 bridgehead atoms. The van der Waals surface area contributed by atoms with Gasteiger partial charge in [0.25, 0.3) is 5.91 Å². The van der Waals surface area contributed by atoms with Crippen LogP contribution in [0.4, 0.5) is 0 Å². The molecule has 1 amide bonds. The number of aryl methyl sites for hydroxylation is 1. The lowest BCUT2D eigenvalue weighted by Crippen LogP contribution is -2.36. The molecular formula is C21H23NO4. The molecule has 0 spiro atoms. The molecule has 1 fully saturated rings. The Hall–Kier alpha value is -2.82. The minimum atomic E-state index is -0.468. The average Bonchev–Trinajstić information content (AvgIpc) is 3.16. The summed E-state index contributed by atoms with van der Waals surface area (Å²) in [6.45, 7) is 2.51. The topological polar surface area (TPSA) is 55.8 Å². The van der Waals surface area contributed by atoms with Crippen LogP contribution in [0.1, 0.15) is 40.4 Å². The first-order valence-electron chi connectivity index (χ1n) is 8.69. The molecule has 5 heteroatoms. The van der Waals surface area contributed by atoms with Gasteiger partial charge in [0.2, 0.25) is 5.78 Å². The van der Waals surface area contributed by atoms with Gasteiger partial charge in [0.1, 0.15) is 11.5 Å². The fourth-order valence-corrected chi connectivity index (χ4v) is 3.39. The van der Waals surface area contributed by atoms with Crippen molar-refractivity contribution in [3.63, 3.8) is 0 Å². The third-order valence-electron chi connectivity index (χ3n) is 4.82. The third kappa shape index (κ3) is 3.43. The second-order valence-electron chi connectivity index (χ2n) is 6.46. The summed E-state index contributed by atoms with van der Waals surface area (Å²) < 4.78 is 10.7. The van der Waals surface area contributed by atoms with Crippen molar-refractivity contribution in [3.8, 4) is 11.5 Å². The Bertz CT molecular complexity index is 813. The van der Waals surface area contributed by atoms with Gasteiger partial charge in [0, 0.05) is 23.7 Å². The smallest absolute Gasteiger partial charge is 0.295 e. The van der Waals surface area contributed by atoms with Crippen LogP contribution in [0.3, 0.4) is 0 Å². The zero-order valence-electron chi connectivity index (χ0n) is 15.3. The predicted molar refractivity (Wildman–Crippen MR) is 98.7 cm³/mol. The monoisotopic (exact) mass is 353 g/mol. The second-order valence-corrected chi connectivity index (χ2v) is 6.46. The number of carbonyl (C=O) groups excluding carboxylic acids is 2. The second kappa shape index (κ2) is 7.60. The van der Waals surface area contributed by atoms with Crippen LogP contribution in [0.5, 0.6) is 11.5 Å². The fourth-order valence-electron chi connectivity index (χ4n) is 3.39. The van der Waals surface area contributed by atoms with Crippen LogP contribution in [0.2, 0.25) is 0 Å². The average molecular weight is 353 g/mol. The van der Waals surface area contributed by atoms with Crippen molar-refractivity contribution in [1.82, 2.24) is 4.90 Å². The van der Waals surface area contributed by atoms with E-state index < -0.39 is 11.7 Å². The zero-order valence-corrected chi connectivity index (χ0v) is 15.3. The summed E-state index contributed by atoms with van der Waals surface area (Å²) >= 11 is 0. The highest BCUT2D eigenvalue weighted by Crippen LogP contribution is 2.38. The molecule has 1 unspecified atom stereocenters. The number of hydrogen-bond acceptors (Lipinski definition) is 4. The molecule has 1 saturated heterocycles. The number of Topliss-reactive ketones (excluding diaryl/α,β-unsaturated/α-hetero) is 1. The number of rotatable bonds is 5. The van der Waals surface area contributed by atoms with E-state index in [0.29, 0.717) is 23.6 Å². The number of amides is 1. The molecule has 5 nitrogen and oxygen atoms in total. The standard InChI is InChI=1S/C21H23NO4/c1-14-6-8-15(9-7-14)20(23)21(24)22-12-4-5-18(22)17-11-10-16(25-2)13-19(17)26-3/h6-11,13,18H,4-5,12H2,1-3H3. The number of nitrogens with zero attached hydrogens (tertiary/aromatic N) is 1. The lowest BCUT2D eigenvalue weighted by atomic mass is 10.0. The van der Waals surface area contributed by atoms with Crippen molar-refractivity contribution in [3.05, 3.63) is 59.2 Å². The maximum absolute atomic E-state index is 12.8. The van der Waals surface area contributed by atoms with Gasteiger partial charge in [-0.3, -0.25) is 9.59 Å². The molecule has 0 aliphatic carbocycles. The van der Waals surface area contributed by atoms with E-state index in [-0.39, 0.29) is 6.04 Å².